The van der Waals surface area contributed by atoms with E-state index in [-0.39, 0.29) is 11.9 Å². The van der Waals surface area contributed by atoms with Gasteiger partial charge >= 0.3 is 0 Å². The van der Waals surface area contributed by atoms with Crippen molar-refractivity contribution in [2.24, 2.45) is 5.92 Å². The molecule has 0 saturated heterocycles. The summed E-state index contributed by atoms with van der Waals surface area (Å²) in [7, 11) is 3.62. The number of carbonyl (C=O) groups is 1. The molecule has 1 rings (SSSR count). The molecule has 20 heavy (non-hydrogen) atoms. The average molecular weight is 294 g/mol. The Morgan fingerprint density at radius 1 is 1.25 bits per heavy atom. The number of likely N-dealkylation sites (N-methyl/N-ethyl adjacent to an activating group) is 1. The highest BCUT2D eigenvalue weighted by Crippen LogP contribution is 2.15. The Morgan fingerprint density at radius 2 is 1.85 bits per heavy atom. The molecule has 0 radical (unpaired) electrons. The topological polar surface area (TPSA) is 32.3 Å². The van der Waals surface area contributed by atoms with Crippen LogP contribution in [0.15, 0.2) is 29.2 Å². The van der Waals surface area contributed by atoms with E-state index in [1.165, 1.54) is 10.5 Å². The molecule has 3 nitrogen and oxygen atoms in total. The highest BCUT2D eigenvalue weighted by atomic mass is 32.2. The van der Waals surface area contributed by atoms with Crippen LogP contribution in [0.25, 0.3) is 0 Å². The number of benzene rings is 1. The lowest BCUT2D eigenvalue weighted by atomic mass is 10.0. The molecule has 1 atom stereocenters. The van der Waals surface area contributed by atoms with E-state index in [1.54, 1.807) is 16.7 Å². The quantitative estimate of drug-likeness (QED) is 0.785. The summed E-state index contributed by atoms with van der Waals surface area (Å²) in [5.74, 6) is 0.648. The van der Waals surface area contributed by atoms with E-state index in [0.717, 1.165) is 13.0 Å². The zero-order chi connectivity index (χ0) is 15.1. The van der Waals surface area contributed by atoms with E-state index in [0.29, 0.717) is 5.92 Å². The minimum atomic E-state index is -0.106. The molecular formula is C16H26N2OS. The maximum atomic E-state index is 12.2. The van der Waals surface area contributed by atoms with Crippen LogP contribution in [0.5, 0.6) is 0 Å². The first-order chi connectivity index (χ1) is 9.43. The number of nitrogens with one attached hydrogen (secondary N) is 1. The highest BCUT2D eigenvalue weighted by Gasteiger charge is 2.20. The number of hydrogen-bond donors (Lipinski definition) is 1. The minimum absolute atomic E-state index is 0.106. The summed E-state index contributed by atoms with van der Waals surface area (Å²) >= 11 is 1.74. The summed E-state index contributed by atoms with van der Waals surface area (Å²) < 4.78 is 0. The molecular weight excluding hydrogens is 268 g/mol. The molecule has 1 aromatic rings. The zero-order valence-electron chi connectivity index (χ0n) is 13.1. The number of thioether (sulfide) groups is 1. The summed E-state index contributed by atoms with van der Waals surface area (Å²) in [5.41, 5.74) is 1.21. The average Bonchev–Trinajstić information content (AvgIpc) is 2.42. The molecule has 0 fully saturated rings. The fraction of sp³-hybridized carbons (Fsp3) is 0.562. The molecule has 0 aliphatic carbocycles. The molecule has 0 aliphatic rings. The Hall–Kier alpha value is -1.00. The van der Waals surface area contributed by atoms with Gasteiger partial charge in [0.15, 0.2) is 0 Å². The minimum Gasteiger partial charge on any atom is -0.347 e. The Bertz CT molecular complexity index is 415. The molecule has 1 unspecified atom stereocenters. The lowest BCUT2D eigenvalue weighted by Crippen LogP contribution is -2.44. The Kier molecular flexibility index (Phi) is 7.10. The van der Waals surface area contributed by atoms with E-state index in [2.05, 4.69) is 49.7 Å². The molecule has 0 bridgehead atoms. The molecule has 1 N–H and O–H groups in total. The molecule has 0 heterocycles. The van der Waals surface area contributed by atoms with Crippen molar-refractivity contribution < 1.29 is 4.79 Å². The third-order valence-electron chi connectivity index (χ3n) is 3.16. The molecule has 0 aliphatic heterocycles. The van der Waals surface area contributed by atoms with Gasteiger partial charge in [-0.1, -0.05) is 26.0 Å². The van der Waals surface area contributed by atoms with Crippen molar-refractivity contribution in [2.45, 2.75) is 37.8 Å². The first-order valence-corrected chi connectivity index (χ1v) is 8.24. The summed E-state index contributed by atoms with van der Waals surface area (Å²) in [6.07, 6.45) is 2.93. The number of hydrogen-bond acceptors (Lipinski definition) is 3. The van der Waals surface area contributed by atoms with Gasteiger partial charge in [-0.2, -0.15) is 0 Å². The number of carbonyl (C=O) groups excluding carboxylic acids is 1. The second kappa shape index (κ2) is 8.32. The van der Waals surface area contributed by atoms with Crippen LogP contribution >= 0.6 is 11.8 Å². The first kappa shape index (κ1) is 17.1. The molecule has 112 valence electrons. The van der Waals surface area contributed by atoms with E-state index in [4.69, 9.17) is 0 Å². The van der Waals surface area contributed by atoms with Crippen LogP contribution in [0.1, 0.15) is 25.8 Å². The van der Waals surface area contributed by atoms with Crippen molar-refractivity contribution >= 4 is 17.7 Å². The third kappa shape index (κ3) is 5.55. The van der Waals surface area contributed by atoms with Crippen molar-refractivity contribution in [1.82, 2.24) is 10.2 Å². The van der Waals surface area contributed by atoms with E-state index in [9.17, 15) is 4.79 Å². The zero-order valence-corrected chi connectivity index (χ0v) is 14.0. The second-order valence-corrected chi connectivity index (χ2v) is 6.52. The molecule has 0 aromatic heterocycles. The van der Waals surface area contributed by atoms with Gasteiger partial charge in [0.1, 0.15) is 0 Å². The first-order valence-electron chi connectivity index (χ1n) is 7.01. The van der Waals surface area contributed by atoms with Crippen LogP contribution in [0.3, 0.4) is 0 Å². The fourth-order valence-electron chi connectivity index (χ4n) is 2.04. The van der Waals surface area contributed by atoms with Crippen LogP contribution in [-0.2, 0) is 11.3 Å². The Labute approximate surface area is 127 Å². The summed E-state index contributed by atoms with van der Waals surface area (Å²) in [5, 5.41) is 3.39. The van der Waals surface area contributed by atoms with Gasteiger partial charge in [-0.3, -0.25) is 4.79 Å². The fourth-order valence-corrected chi connectivity index (χ4v) is 2.45. The van der Waals surface area contributed by atoms with E-state index >= 15 is 0 Å². The normalized spacial score (nSPS) is 12.5. The van der Waals surface area contributed by atoms with Crippen LogP contribution in [0.4, 0.5) is 0 Å². The van der Waals surface area contributed by atoms with Crippen molar-refractivity contribution in [1.29, 1.82) is 0 Å². The van der Waals surface area contributed by atoms with E-state index < -0.39 is 0 Å². The van der Waals surface area contributed by atoms with Gasteiger partial charge < -0.3 is 10.2 Å². The van der Waals surface area contributed by atoms with Crippen LogP contribution in [0.2, 0.25) is 0 Å². The van der Waals surface area contributed by atoms with Crippen molar-refractivity contribution in [3.63, 3.8) is 0 Å². The van der Waals surface area contributed by atoms with E-state index in [1.807, 2.05) is 14.1 Å². The van der Waals surface area contributed by atoms with Crippen LogP contribution < -0.4 is 5.32 Å². The van der Waals surface area contributed by atoms with Gasteiger partial charge in [-0.05, 0) is 36.3 Å². The monoisotopic (exact) mass is 294 g/mol. The molecule has 1 amide bonds. The van der Waals surface area contributed by atoms with Gasteiger partial charge in [-0.15, -0.1) is 11.8 Å². The van der Waals surface area contributed by atoms with Gasteiger partial charge in [0.2, 0.25) is 5.91 Å². The second-order valence-electron chi connectivity index (χ2n) is 5.64. The molecule has 4 heteroatoms. The molecule has 0 saturated carbocycles. The van der Waals surface area contributed by atoms with Crippen LogP contribution in [-0.4, -0.2) is 37.2 Å². The predicted octanol–water partition coefficient (Wildman–Crippen LogP) is 3.00. The lowest BCUT2D eigenvalue weighted by Gasteiger charge is -2.23. The molecule has 0 spiro atoms. The standard InChI is InChI=1S/C16H26N2OS/c1-12(2)10-15(16(19)18(3)4)17-11-13-6-8-14(20-5)9-7-13/h6-9,12,15,17H,10-11H2,1-5H3. The number of rotatable bonds is 7. The van der Waals surface area contributed by atoms with Crippen molar-refractivity contribution in [3.05, 3.63) is 29.8 Å². The predicted molar refractivity (Wildman–Crippen MR) is 87.0 cm³/mol. The lowest BCUT2D eigenvalue weighted by molar-refractivity contribution is -0.131. The SMILES string of the molecule is CSc1ccc(CNC(CC(C)C)C(=O)N(C)C)cc1. The number of amides is 1. The molecule has 1 aromatic carbocycles. The van der Waals surface area contributed by atoms with Crippen molar-refractivity contribution in [3.8, 4) is 0 Å². The smallest absolute Gasteiger partial charge is 0.239 e. The Morgan fingerprint density at radius 3 is 2.30 bits per heavy atom. The van der Waals surface area contributed by atoms with Crippen LogP contribution in [0, 0.1) is 5.92 Å². The maximum Gasteiger partial charge on any atom is 0.239 e. The highest BCUT2D eigenvalue weighted by molar-refractivity contribution is 7.98. The largest absolute Gasteiger partial charge is 0.347 e. The van der Waals surface area contributed by atoms with Gasteiger partial charge in [-0.25, -0.2) is 0 Å². The summed E-state index contributed by atoms with van der Waals surface area (Å²) in [6, 6.07) is 8.36. The third-order valence-corrected chi connectivity index (χ3v) is 3.90. The summed E-state index contributed by atoms with van der Waals surface area (Å²) in [4.78, 5) is 15.1. The van der Waals surface area contributed by atoms with Gasteiger partial charge in [0.25, 0.3) is 0 Å². The van der Waals surface area contributed by atoms with Crippen molar-refractivity contribution in [2.75, 3.05) is 20.4 Å². The summed E-state index contributed by atoms with van der Waals surface area (Å²) in [6.45, 7) is 5.02. The Balaban J connectivity index is 2.62. The van der Waals surface area contributed by atoms with Gasteiger partial charge in [0, 0.05) is 25.5 Å². The van der Waals surface area contributed by atoms with Gasteiger partial charge in [0.05, 0.1) is 6.04 Å². The number of nitrogens with zero attached hydrogens (tertiary/aromatic N) is 1. The maximum absolute atomic E-state index is 12.2.